The fraction of sp³-hybridized carbons (Fsp3) is 0.364. The van der Waals surface area contributed by atoms with E-state index in [0.29, 0.717) is 6.04 Å². The van der Waals surface area contributed by atoms with E-state index in [1.807, 2.05) is 34.5 Å². The lowest BCUT2D eigenvalue weighted by molar-refractivity contribution is 0.559. The maximum Gasteiger partial charge on any atom is 0.326 e. The Morgan fingerprint density at radius 2 is 2.38 bits per heavy atom. The van der Waals surface area contributed by atoms with Crippen LogP contribution in [0.4, 0.5) is 0 Å². The summed E-state index contributed by atoms with van der Waals surface area (Å²) in [6.07, 6.45) is 1.09. The monoisotopic (exact) mass is 298 g/mol. The molecule has 3 rings (SSSR count). The molecule has 16 heavy (non-hydrogen) atoms. The number of halogens is 1. The van der Waals surface area contributed by atoms with Gasteiger partial charge in [-0.2, -0.15) is 11.8 Å². The highest BCUT2D eigenvalue weighted by molar-refractivity contribution is 9.10. The number of benzene rings is 1. The van der Waals surface area contributed by atoms with Crippen molar-refractivity contribution in [3.8, 4) is 0 Å². The molecule has 84 valence electrons. The molecule has 0 spiro atoms. The molecule has 1 fully saturated rings. The van der Waals surface area contributed by atoms with E-state index >= 15 is 0 Å². The number of aromatic amines is 1. The van der Waals surface area contributed by atoms with Crippen molar-refractivity contribution in [2.45, 2.75) is 12.5 Å². The van der Waals surface area contributed by atoms with E-state index < -0.39 is 0 Å². The Morgan fingerprint density at radius 1 is 1.50 bits per heavy atom. The molecule has 1 unspecified atom stereocenters. The van der Waals surface area contributed by atoms with Crippen molar-refractivity contribution < 1.29 is 0 Å². The predicted octanol–water partition coefficient (Wildman–Crippen LogP) is 2.77. The Kier molecular flexibility index (Phi) is 2.59. The zero-order chi connectivity index (χ0) is 11.1. The number of H-pyrrole nitrogens is 1. The smallest absolute Gasteiger partial charge is 0.305 e. The van der Waals surface area contributed by atoms with E-state index in [2.05, 4.69) is 20.9 Å². The van der Waals surface area contributed by atoms with Crippen molar-refractivity contribution in [3.05, 3.63) is 33.2 Å². The first-order valence-electron chi connectivity index (χ1n) is 5.23. The number of fused-ring (bicyclic) bond motifs is 1. The average molecular weight is 299 g/mol. The third kappa shape index (κ3) is 1.62. The predicted molar refractivity (Wildman–Crippen MR) is 71.2 cm³/mol. The summed E-state index contributed by atoms with van der Waals surface area (Å²) in [5, 5.41) is 0. The lowest BCUT2D eigenvalue weighted by atomic mass is 10.2. The molecule has 0 saturated carbocycles. The Balaban J connectivity index is 2.23. The summed E-state index contributed by atoms with van der Waals surface area (Å²) in [7, 11) is 0. The first-order valence-corrected chi connectivity index (χ1v) is 7.18. The fourth-order valence-corrected chi connectivity index (χ4v) is 3.75. The maximum atomic E-state index is 11.9. The molecule has 0 aliphatic carbocycles. The summed E-state index contributed by atoms with van der Waals surface area (Å²) in [5.41, 5.74) is 1.94. The number of nitrogens with zero attached hydrogens (tertiary/aromatic N) is 1. The molecule has 1 aliphatic heterocycles. The lowest BCUT2D eigenvalue weighted by Gasteiger charge is -2.10. The highest BCUT2D eigenvalue weighted by Gasteiger charge is 2.21. The molecule has 1 saturated heterocycles. The van der Waals surface area contributed by atoms with Crippen LogP contribution in [0.1, 0.15) is 12.5 Å². The van der Waals surface area contributed by atoms with Gasteiger partial charge in [-0.3, -0.25) is 4.57 Å². The zero-order valence-corrected chi connectivity index (χ0v) is 11.0. The maximum absolute atomic E-state index is 11.9. The van der Waals surface area contributed by atoms with Crippen LogP contribution in [0.3, 0.4) is 0 Å². The molecule has 2 aromatic rings. The second-order valence-corrected chi connectivity index (χ2v) is 6.04. The molecule has 5 heteroatoms. The summed E-state index contributed by atoms with van der Waals surface area (Å²) in [6, 6.07) is 6.29. The van der Waals surface area contributed by atoms with Gasteiger partial charge in [0.25, 0.3) is 0 Å². The van der Waals surface area contributed by atoms with Gasteiger partial charge in [0, 0.05) is 16.3 Å². The number of hydrogen-bond donors (Lipinski definition) is 1. The van der Waals surface area contributed by atoms with Crippen LogP contribution in [-0.4, -0.2) is 21.1 Å². The first-order chi connectivity index (χ1) is 7.75. The van der Waals surface area contributed by atoms with Crippen LogP contribution in [0.25, 0.3) is 11.0 Å². The first kappa shape index (κ1) is 10.5. The number of thioether (sulfide) groups is 1. The molecule has 0 bridgehead atoms. The molecule has 0 radical (unpaired) electrons. The molecule has 1 atom stereocenters. The van der Waals surface area contributed by atoms with Crippen LogP contribution in [0.5, 0.6) is 0 Å². The van der Waals surface area contributed by atoms with Crippen molar-refractivity contribution in [2.75, 3.05) is 11.5 Å². The quantitative estimate of drug-likeness (QED) is 0.879. The van der Waals surface area contributed by atoms with E-state index in [1.54, 1.807) is 0 Å². The van der Waals surface area contributed by atoms with Crippen molar-refractivity contribution >= 4 is 38.7 Å². The summed E-state index contributed by atoms with van der Waals surface area (Å²) in [6.45, 7) is 0. The second-order valence-electron chi connectivity index (χ2n) is 3.98. The van der Waals surface area contributed by atoms with E-state index in [4.69, 9.17) is 0 Å². The Morgan fingerprint density at radius 3 is 3.12 bits per heavy atom. The number of hydrogen-bond acceptors (Lipinski definition) is 2. The van der Waals surface area contributed by atoms with Gasteiger partial charge in [0.1, 0.15) is 0 Å². The van der Waals surface area contributed by atoms with Crippen LogP contribution in [0, 0.1) is 0 Å². The van der Waals surface area contributed by atoms with Crippen molar-refractivity contribution in [3.63, 3.8) is 0 Å². The molecule has 0 amide bonds. The van der Waals surface area contributed by atoms with Crippen LogP contribution < -0.4 is 5.69 Å². The fourth-order valence-electron chi connectivity index (χ4n) is 2.19. The molecule has 2 heterocycles. The largest absolute Gasteiger partial charge is 0.326 e. The van der Waals surface area contributed by atoms with Gasteiger partial charge in [0.05, 0.1) is 11.0 Å². The van der Waals surface area contributed by atoms with Gasteiger partial charge >= 0.3 is 5.69 Å². The molecular weight excluding hydrogens is 288 g/mol. The van der Waals surface area contributed by atoms with E-state index in [-0.39, 0.29) is 5.69 Å². The summed E-state index contributed by atoms with van der Waals surface area (Å²) >= 11 is 5.33. The van der Waals surface area contributed by atoms with E-state index in [0.717, 1.165) is 33.4 Å². The standard InChI is InChI=1S/C11H11BrN2OS/c12-7-1-2-10-9(5-7)13-11(15)14(10)8-3-4-16-6-8/h1-2,5,8H,3-4,6H2,(H,13,15). The zero-order valence-electron chi connectivity index (χ0n) is 8.57. The van der Waals surface area contributed by atoms with Gasteiger partial charge in [-0.1, -0.05) is 15.9 Å². The third-order valence-corrected chi connectivity index (χ3v) is 4.59. The summed E-state index contributed by atoms with van der Waals surface area (Å²) in [5.74, 6) is 2.20. The topological polar surface area (TPSA) is 37.8 Å². The molecule has 1 aromatic carbocycles. The summed E-state index contributed by atoms with van der Waals surface area (Å²) in [4.78, 5) is 14.8. The number of rotatable bonds is 1. The van der Waals surface area contributed by atoms with Gasteiger partial charge in [-0.05, 0) is 30.4 Å². The van der Waals surface area contributed by atoms with Crippen molar-refractivity contribution in [1.82, 2.24) is 9.55 Å². The van der Waals surface area contributed by atoms with E-state index in [9.17, 15) is 4.79 Å². The van der Waals surface area contributed by atoms with Crippen molar-refractivity contribution in [2.24, 2.45) is 0 Å². The van der Waals surface area contributed by atoms with Crippen LogP contribution in [0.15, 0.2) is 27.5 Å². The highest BCUT2D eigenvalue weighted by atomic mass is 79.9. The van der Waals surface area contributed by atoms with Crippen LogP contribution >= 0.6 is 27.7 Å². The molecule has 3 nitrogen and oxygen atoms in total. The summed E-state index contributed by atoms with van der Waals surface area (Å²) < 4.78 is 2.90. The Bertz CT molecular complexity index is 583. The van der Waals surface area contributed by atoms with Gasteiger partial charge in [-0.25, -0.2) is 4.79 Å². The van der Waals surface area contributed by atoms with Crippen LogP contribution in [-0.2, 0) is 0 Å². The second kappa shape index (κ2) is 3.96. The SMILES string of the molecule is O=c1[nH]c2cc(Br)ccc2n1C1CCSC1. The normalized spacial score (nSPS) is 20.7. The number of aromatic nitrogens is 2. The Hall–Kier alpha value is -0.680. The minimum Gasteiger partial charge on any atom is -0.305 e. The Labute approximate surface area is 105 Å². The van der Waals surface area contributed by atoms with Gasteiger partial charge in [-0.15, -0.1) is 0 Å². The average Bonchev–Trinajstić information content (AvgIpc) is 2.83. The van der Waals surface area contributed by atoms with Gasteiger partial charge < -0.3 is 4.98 Å². The number of imidazole rings is 1. The third-order valence-electron chi connectivity index (χ3n) is 2.95. The highest BCUT2D eigenvalue weighted by Crippen LogP contribution is 2.29. The minimum absolute atomic E-state index is 0.0144. The van der Waals surface area contributed by atoms with E-state index in [1.165, 1.54) is 0 Å². The molecule has 1 aromatic heterocycles. The lowest BCUT2D eigenvalue weighted by Crippen LogP contribution is -2.21. The minimum atomic E-state index is 0.0144. The van der Waals surface area contributed by atoms with Gasteiger partial charge in [0.15, 0.2) is 0 Å². The van der Waals surface area contributed by atoms with Crippen LogP contribution in [0.2, 0.25) is 0 Å². The van der Waals surface area contributed by atoms with Gasteiger partial charge in [0.2, 0.25) is 0 Å². The van der Waals surface area contributed by atoms with Crippen molar-refractivity contribution in [1.29, 1.82) is 0 Å². The molecule has 1 N–H and O–H groups in total. The molecule has 1 aliphatic rings. The molecular formula is C11H11BrN2OS. The number of nitrogens with one attached hydrogen (secondary N) is 1.